The van der Waals surface area contributed by atoms with E-state index in [0.29, 0.717) is 40.0 Å². The average molecular weight is 483 g/mol. The number of Topliss-reactive ketones (excluding diaryl/α,β-unsaturated/α-hetero) is 1. The van der Waals surface area contributed by atoms with Gasteiger partial charge in [-0.2, -0.15) is 0 Å². The Morgan fingerprint density at radius 3 is 2.73 bits per heavy atom. The number of hydrogen-bond donors (Lipinski definition) is 0. The standard InChI is InChI=1S/C28H28Cl2O3/c1-27-11-9-18(31)15-22(27)25(33-13-3-4-17-5-7-23(29)24(30)14-17)16-19-20-6-8-26(32)28(20,2)12-10-21(19)27/h5,7,9,11,14-15,19-21,25H,6,8,10,12-13,16H2,1-2H3/t19-,20-,21-,25+,27+,28-/m0/s1. The summed E-state index contributed by atoms with van der Waals surface area (Å²) in [7, 11) is 0. The first-order chi connectivity index (χ1) is 15.7. The Balaban J connectivity index is 1.40. The number of allylic oxidation sites excluding steroid dienone is 3. The van der Waals surface area contributed by atoms with Gasteiger partial charge in [0.1, 0.15) is 12.4 Å². The normalized spacial score (nSPS) is 36.9. The van der Waals surface area contributed by atoms with E-state index in [2.05, 4.69) is 31.8 Å². The van der Waals surface area contributed by atoms with E-state index in [-0.39, 0.29) is 29.3 Å². The molecule has 3 nitrogen and oxygen atoms in total. The quantitative estimate of drug-likeness (QED) is 0.470. The molecular weight excluding hydrogens is 455 g/mol. The topological polar surface area (TPSA) is 43.4 Å². The molecule has 0 N–H and O–H groups in total. The second kappa shape index (κ2) is 8.42. The average Bonchev–Trinajstić information content (AvgIpc) is 3.09. The molecule has 3 saturated carbocycles. The number of halogens is 2. The second-order valence-corrected chi connectivity index (χ2v) is 11.2. The third kappa shape index (κ3) is 3.81. The fourth-order valence-corrected chi connectivity index (χ4v) is 7.30. The number of ether oxygens (including phenoxy) is 1. The Morgan fingerprint density at radius 2 is 1.94 bits per heavy atom. The molecule has 4 aliphatic carbocycles. The lowest BCUT2D eigenvalue weighted by molar-refractivity contribution is -0.133. The van der Waals surface area contributed by atoms with Gasteiger partial charge in [0.25, 0.3) is 0 Å². The number of benzene rings is 1. The zero-order chi connectivity index (χ0) is 23.4. The van der Waals surface area contributed by atoms with E-state index in [1.54, 1.807) is 24.3 Å². The van der Waals surface area contributed by atoms with Crippen LogP contribution in [0.2, 0.25) is 10.0 Å². The molecule has 0 heterocycles. The molecule has 0 aromatic heterocycles. The zero-order valence-electron chi connectivity index (χ0n) is 19.0. The molecule has 1 aromatic carbocycles. The molecule has 0 aliphatic heterocycles. The van der Waals surface area contributed by atoms with Gasteiger partial charge in [0, 0.05) is 22.8 Å². The minimum absolute atomic E-state index is 0.0214. The fraction of sp³-hybridized carbons (Fsp3) is 0.500. The minimum atomic E-state index is -0.217. The SMILES string of the molecule is C[C@]12C=CC(=O)C=C1[C@H](OCC#Cc1ccc(Cl)c(Cl)c1)C[C@@H]1[C@@H]2CC[C@]2(C)C(=O)CC[C@@H]12. The van der Waals surface area contributed by atoms with E-state index in [0.717, 1.165) is 36.8 Å². The van der Waals surface area contributed by atoms with Gasteiger partial charge in [-0.05, 0) is 79.4 Å². The molecule has 0 bridgehead atoms. The Kier molecular flexibility index (Phi) is 5.84. The van der Waals surface area contributed by atoms with Gasteiger partial charge in [-0.15, -0.1) is 0 Å². The van der Waals surface area contributed by atoms with E-state index in [9.17, 15) is 9.59 Å². The maximum Gasteiger partial charge on any atom is 0.178 e. The Morgan fingerprint density at radius 1 is 1.12 bits per heavy atom. The molecule has 172 valence electrons. The molecule has 33 heavy (non-hydrogen) atoms. The number of carbonyl (C=O) groups is 2. The van der Waals surface area contributed by atoms with Gasteiger partial charge < -0.3 is 4.74 Å². The summed E-state index contributed by atoms with van der Waals surface area (Å²) in [6.45, 7) is 4.68. The third-order valence-electron chi connectivity index (χ3n) is 8.77. The Labute approximate surface area is 205 Å². The van der Waals surface area contributed by atoms with Crippen molar-refractivity contribution in [2.45, 2.75) is 52.1 Å². The van der Waals surface area contributed by atoms with Crippen molar-refractivity contribution in [3.8, 4) is 11.8 Å². The lowest BCUT2D eigenvalue weighted by atomic mass is 9.48. The fourth-order valence-electron chi connectivity index (χ4n) is 7.00. The van der Waals surface area contributed by atoms with Crippen molar-refractivity contribution in [1.29, 1.82) is 0 Å². The monoisotopic (exact) mass is 482 g/mol. The number of hydrogen-bond acceptors (Lipinski definition) is 3. The predicted octanol–water partition coefficient (Wildman–Crippen LogP) is 6.22. The minimum Gasteiger partial charge on any atom is -0.361 e. The van der Waals surface area contributed by atoms with E-state index in [1.165, 1.54) is 0 Å². The van der Waals surface area contributed by atoms with Gasteiger partial charge in [-0.3, -0.25) is 9.59 Å². The molecule has 0 radical (unpaired) electrons. The second-order valence-electron chi connectivity index (χ2n) is 10.4. The van der Waals surface area contributed by atoms with Crippen LogP contribution >= 0.6 is 23.2 Å². The molecule has 0 amide bonds. The number of fused-ring (bicyclic) bond motifs is 5. The molecule has 5 rings (SSSR count). The highest BCUT2D eigenvalue weighted by atomic mass is 35.5. The van der Waals surface area contributed by atoms with Gasteiger partial charge in [0.05, 0.1) is 16.1 Å². The van der Waals surface area contributed by atoms with Crippen molar-refractivity contribution in [2.75, 3.05) is 6.61 Å². The molecular formula is C28H28Cl2O3. The van der Waals surface area contributed by atoms with Gasteiger partial charge in [0.2, 0.25) is 0 Å². The first kappa shape index (κ1) is 22.9. The third-order valence-corrected chi connectivity index (χ3v) is 9.51. The molecule has 0 saturated heterocycles. The van der Waals surface area contributed by atoms with Crippen LogP contribution in [0.1, 0.15) is 51.5 Å². The Bertz CT molecular complexity index is 1140. The lowest BCUT2D eigenvalue weighted by Gasteiger charge is -2.57. The summed E-state index contributed by atoms with van der Waals surface area (Å²) in [4.78, 5) is 25.0. The molecule has 1 aromatic rings. The van der Waals surface area contributed by atoms with E-state index in [4.69, 9.17) is 27.9 Å². The van der Waals surface area contributed by atoms with Gasteiger partial charge in [0.15, 0.2) is 5.78 Å². The van der Waals surface area contributed by atoms with Crippen molar-refractivity contribution >= 4 is 34.8 Å². The van der Waals surface area contributed by atoms with Crippen LogP contribution in [0.3, 0.4) is 0 Å². The summed E-state index contributed by atoms with van der Waals surface area (Å²) in [6, 6.07) is 5.30. The highest BCUT2D eigenvalue weighted by molar-refractivity contribution is 6.42. The molecule has 6 atom stereocenters. The van der Waals surface area contributed by atoms with Crippen LogP contribution in [0.4, 0.5) is 0 Å². The summed E-state index contributed by atoms with van der Waals surface area (Å²) in [6.07, 6.45) is 9.88. The van der Waals surface area contributed by atoms with Gasteiger partial charge in [-0.1, -0.05) is 55.0 Å². The first-order valence-corrected chi connectivity index (χ1v) is 12.5. The Hall–Kier alpha value is -1.86. The largest absolute Gasteiger partial charge is 0.361 e. The predicted molar refractivity (Wildman–Crippen MR) is 130 cm³/mol. The summed E-state index contributed by atoms with van der Waals surface area (Å²) in [5.74, 6) is 7.85. The van der Waals surface area contributed by atoms with Crippen molar-refractivity contribution in [3.63, 3.8) is 0 Å². The number of carbonyl (C=O) groups excluding carboxylic acids is 2. The van der Waals surface area contributed by atoms with Gasteiger partial charge >= 0.3 is 0 Å². The maximum absolute atomic E-state index is 12.7. The smallest absolute Gasteiger partial charge is 0.178 e. The first-order valence-electron chi connectivity index (χ1n) is 11.8. The molecule has 5 heteroatoms. The van der Waals surface area contributed by atoms with E-state index in [1.807, 2.05) is 6.07 Å². The van der Waals surface area contributed by atoms with Crippen LogP contribution in [-0.4, -0.2) is 24.3 Å². The number of ketones is 2. The molecule has 3 fully saturated rings. The van der Waals surface area contributed by atoms with Crippen LogP contribution in [0.25, 0.3) is 0 Å². The zero-order valence-corrected chi connectivity index (χ0v) is 20.5. The maximum atomic E-state index is 12.7. The van der Waals surface area contributed by atoms with Gasteiger partial charge in [-0.25, -0.2) is 0 Å². The summed E-state index contributed by atoms with van der Waals surface area (Å²) in [5, 5.41) is 0.976. The summed E-state index contributed by atoms with van der Waals surface area (Å²) >= 11 is 12.1. The highest BCUT2D eigenvalue weighted by Crippen LogP contribution is 2.63. The van der Waals surface area contributed by atoms with Crippen LogP contribution in [-0.2, 0) is 14.3 Å². The number of rotatable bonds is 2. The van der Waals surface area contributed by atoms with Crippen LogP contribution < -0.4 is 0 Å². The summed E-state index contributed by atoms with van der Waals surface area (Å²) in [5.41, 5.74) is 1.43. The lowest BCUT2D eigenvalue weighted by Crippen LogP contribution is -2.53. The van der Waals surface area contributed by atoms with Crippen molar-refractivity contribution < 1.29 is 14.3 Å². The van der Waals surface area contributed by atoms with Crippen molar-refractivity contribution in [1.82, 2.24) is 0 Å². The van der Waals surface area contributed by atoms with Crippen LogP contribution in [0.5, 0.6) is 0 Å². The highest BCUT2D eigenvalue weighted by Gasteiger charge is 2.60. The molecule has 0 spiro atoms. The molecule has 4 aliphatic rings. The van der Waals surface area contributed by atoms with Crippen molar-refractivity contribution in [3.05, 3.63) is 57.6 Å². The summed E-state index contributed by atoms with van der Waals surface area (Å²) < 4.78 is 6.33. The van der Waals surface area contributed by atoms with E-state index < -0.39 is 0 Å². The van der Waals surface area contributed by atoms with E-state index >= 15 is 0 Å². The van der Waals surface area contributed by atoms with Crippen LogP contribution in [0, 0.1) is 40.4 Å². The molecule has 0 unspecified atom stereocenters. The van der Waals surface area contributed by atoms with Crippen LogP contribution in [0.15, 0.2) is 42.0 Å². The van der Waals surface area contributed by atoms with Crippen molar-refractivity contribution in [2.24, 2.45) is 28.6 Å².